The molecule has 1 N–H and O–H groups in total. The van der Waals surface area contributed by atoms with Crippen LogP contribution >= 0.6 is 11.3 Å². The molecule has 1 unspecified atom stereocenters. The maximum absolute atomic E-state index is 3.68. The Kier molecular flexibility index (Phi) is 6.83. The number of aryl methyl sites for hydroxylation is 1. The van der Waals surface area contributed by atoms with Crippen molar-refractivity contribution < 1.29 is 0 Å². The predicted molar refractivity (Wildman–Crippen MR) is 78.9 cm³/mol. The van der Waals surface area contributed by atoms with Crippen molar-refractivity contribution in [3.8, 4) is 0 Å². The molecule has 1 rings (SSSR count). The molecule has 0 aromatic carbocycles. The SMILES string of the molecule is CCCNC(Cc1ccc(CC)s1)CC(C)C. The summed E-state index contributed by atoms with van der Waals surface area (Å²) in [5.74, 6) is 0.773. The number of thiophene rings is 1. The zero-order valence-corrected chi connectivity index (χ0v) is 12.6. The third kappa shape index (κ3) is 5.69. The molecule has 0 saturated heterocycles. The molecule has 0 radical (unpaired) electrons. The van der Waals surface area contributed by atoms with Crippen LogP contribution in [0.5, 0.6) is 0 Å². The van der Waals surface area contributed by atoms with Gasteiger partial charge in [0.1, 0.15) is 0 Å². The van der Waals surface area contributed by atoms with Gasteiger partial charge in [-0.1, -0.05) is 27.7 Å². The molecule has 1 heterocycles. The van der Waals surface area contributed by atoms with E-state index in [0.29, 0.717) is 6.04 Å². The van der Waals surface area contributed by atoms with Crippen LogP contribution in [0.15, 0.2) is 12.1 Å². The Balaban J connectivity index is 2.51. The Bertz CT molecular complexity index is 304. The third-order valence-electron chi connectivity index (χ3n) is 2.95. The average Bonchev–Trinajstić information content (AvgIpc) is 2.73. The lowest BCUT2D eigenvalue weighted by Gasteiger charge is -2.19. The van der Waals surface area contributed by atoms with E-state index in [4.69, 9.17) is 0 Å². The minimum absolute atomic E-state index is 0.651. The molecule has 0 aliphatic rings. The van der Waals surface area contributed by atoms with Gasteiger partial charge < -0.3 is 5.32 Å². The summed E-state index contributed by atoms with van der Waals surface area (Å²) in [7, 11) is 0. The summed E-state index contributed by atoms with van der Waals surface area (Å²) < 4.78 is 0. The fourth-order valence-electron chi connectivity index (χ4n) is 2.12. The van der Waals surface area contributed by atoms with Crippen LogP contribution < -0.4 is 5.32 Å². The lowest BCUT2D eigenvalue weighted by Crippen LogP contribution is -2.32. The molecule has 0 aliphatic carbocycles. The first kappa shape index (κ1) is 14.7. The highest BCUT2D eigenvalue weighted by Gasteiger charge is 2.12. The topological polar surface area (TPSA) is 12.0 Å². The van der Waals surface area contributed by atoms with E-state index in [0.717, 1.165) is 12.5 Å². The summed E-state index contributed by atoms with van der Waals surface area (Å²) in [6.07, 6.45) is 4.86. The largest absolute Gasteiger partial charge is 0.314 e. The molecule has 1 aromatic rings. The normalized spacial score (nSPS) is 13.2. The summed E-state index contributed by atoms with van der Waals surface area (Å²) in [5.41, 5.74) is 0. The van der Waals surface area contributed by atoms with Crippen LogP contribution in [0.3, 0.4) is 0 Å². The molecular weight excluding hydrogens is 226 g/mol. The summed E-state index contributed by atoms with van der Waals surface area (Å²) in [4.78, 5) is 3.05. The fourth-order valence-corrected chi connectivity index (χ4v) is 3.16. The molecule has 98 valence electrons. The van der Waals surface area contributed by atoms with Crippen molar-refractivity contribution in [1.29, 1.82) is 0 Å². The van der Waals surface area contributed by atoms with Gasteiger partial charge in [0.25, 0.3) is 0 Å². The van der Waals surface area contributed by atoms with Gasteiger partial charge in [-0.3, -0.25) is 0 Å². The van der Waals surface area contributed by atoms with Crippen molar-refractivity contribution in [2.75, 3.05) is 6.54 Å². The second-order valence-electron chi connectivity index (χ2n) is 5.21. The lowest BCUT2D eigenvalue weighted by atomic mass is 10.0. The van der Waals surface area contributed by atoms with Gasteiger partial charge in [-0.2, -0.15) is 0 Å². The Labute approximate surface area is 111 Å². The Hall–Kier alpha value is -0.340. The summed E-state index contributed by atoms with van der Waals surface area (Å²) in [5, 5.41) is 3.68. The van der Waals surface area contributed by atoms with Gasteiger partial charge in [-0.15, -0.1) is 11.3 Å². The highest BCUT2D eigenvalue weighted by atomic mass is 32.1. The van der Waals surface area contributed by atoms with Crippen molar-refractivity contribution >= 4 is 11.3 Å². The van der Waals surface area contributed by atoms with Crippen LogP contribution in [0.4, 0.5) is 0 Å². The highest BCUT2D eigenvalue weighted by molar-refractivity contribution is 7.11. The first-order valence-corrected chi connectivity index (χ1v) is 7.78. The van der Waals surface area contributed by atoms with Gasteiger partial charge in [0.2, 0.25) is 0 Å². The second kappa shape index (κ2) is 7.88. The van der Waals surface area contributed by atoms with Gasteiger partial charge >= 0.3 is 0 Å². The maximum atomic E-state index is 3.68. The van der Waals surface area contributed by atoms with E-state index in [-0.39, 0.29) is 0 Å². The summed E-state index contributed by atoms with van der Waals surface area (Å²) in [6.45, 7) is 10.2. The van der Waals surface area contributed by atoms with E-state index in [2.05, 4.69) is 45.1 Å². The Morgan fingerprint density at radius 1 is 1.18 bits per heavy atom. The van der Waals surface area contributed by atoms with E-state index in [9.17, 15) is 0 Å². The first-order valence-electron chi connectivity index (χ1n) is 6.96. The van der Waals surface area contributed by atoms with E-state index < -0.39 is 0 Å². The third-order valence-corrected chi connectivity index (χ3v) is 4.20. The lowest BCUT2D eigenvalue weighted by molar-refractivity contribution is 0.418. The van der Waals surface area contributed by atoms with Crippen LogP contribution in [0.2, 0.25) is 0 Å². The predicted octanol–water partition coefficient (Wildman–Crippen LogP) is 4.27. The smallest absolute Gasteiger partial charge is 0.0118 e. The highest BCUT2D eigenvalue weighted by Crippen LogP contribution is 2.20. The molecule has 17 heavy (non-hydrogen) atoms. The van der Waals surface area contributed by atoms with Crippen molar-refractivity contribution in [2.24, 2.45) is 5.92 Å². The van der Waals surface area contributed by atoms with Gasteiger partial charge in [-0.25, -0.2) is 0 Å². The number of rotatable bonds is 8. The molecule has 1 nitrogen and oxygen atoms in total. The van der Waals surface area contributed by atoms with Crippen molar-refractivity contribution in [2.45, 2.75) is 59.4 Å². The van der Waals surface area contributed by atoms with Crippen molar-refractivity contribution in [1.82, 2.24) is 5.32 Å². The molecule has 0 bridgehead atoms. The second-order valence-corrected chi connectivity index (χ2v) is 6.46. The van der Waals surface area contributed by atoms with E-state index in [1.165, 1.54) is 35.4 Å². The van der Waals surface area contributed by atoms with Crippen LogP contribution in [0.25, 0.3) is 0 Å². The molecule has 0 aliphatic heterocycles. The van der Waals surface area contributed by atoms with E-state index in [1.807, 2.05) is 11.3 Å². The van der Waals surface area contributed by atoms with Crippen LogP contribution in [0.1, 0.15) is 50.3 Å². The fraction of sp³-hybridized carbons (Fsp3) is 0.733. The molecule has 2 heteroatoms. The molecule has 0 fully saturated rings. The molecule has 0 amide bonds. The van der Waals surface area contributed by atoms with Crippen LogP contribution in [-0.4, -0.2) is 12.6 Å². The monoisotopic (exact) mass is 253 g/mol. The van der Waals surface area contributed by atoms with Crippen molar-refractivity contribution in [3.63, 3.8) is 0 Å². The Morgan fingerprint density at radius 3 is 2.41 bits per heavy atom. The Morgan fingerprint density at radius 2 is 1.88 bits per heavy atom. The van der Waals surface area contributed by atoms with Gasteiger partial charge in [0.15, 0.2) is 0 Å². The van der Waals surface area contributed by atoms with Crippen LogP contribution in [-0.2, 0) is 12.8 Å². The molecule has 1 aromatic heterocycles. The van der Waals surface area contributed by atoms with E-state index >= 15 is 0 Å². The molecule has 1 atom stereocenters. The zero-order chi connectivity index (χ0) is 12.7. The van der Waals surface area contributed by atoms with Crippen LogP contribution in [0, 0.1) is 5.92 Å². The first-order chi connectivity index (χ1) is 8.15. The summed E-state index contributed by atoms with van der Waals surface area (Å²) in [6, 6.07) is 5.25. The average molecular weight is 253 g/mol. The minimum Gasteiger partial charge on any atom is -0.314 e. The molecular formula is C15H27NS. The maximum Gasteiger partial charge on any atom is 0.0118 e. The van der Waals surface area contributed by atoms with Crippen molar-refractivity contribution in [3.05, 3.63) is 21.9 Å². The molecule has 0 saturated carbocycles. The van der Waals surface area contributed by atoms with Gasteiger partial charge in [0.05, 0.1) is 0 Å². The minimum atomic E-state index is 0.651. The van der Waals surface area contributed by atoms with E-state index in [1.54, 1.807) is 0 Å². The standard InChI is InChI=1S/C15H27NS/c1-5-9-16-13(10-12(3)4)11-15-8-7-14(6-2)17-15/h7-8,12-13,16H,5-6,9-11H2,1-4H3. The van der Waals surface area contributed by atoms with Gasteiger partial charge in [-0.05, 0) is 50.3 Å². The number of hydrogen-bond acceptors (Lipinski definition) is 2. The quantitative estimate of drug-likeness (QED) is 0.729. The van der Waals surface area contributed by atoms with Gasteiger partial charge in [0, 0.05) is 15.8 Å². The zero-order valence-electron chi connectivity index (χ0n) is 11.8. The number of nitrogens with one attached hydrogen (secondary N) is 1. The molecule has 0 spiro atoms. The number of hydrogen-bond donors (Lipinski definition) is 1. The summed E-state index contributed by atoms with van der Waals surface area (Å²) >= 11 is 1.98.